The number of likely N-dealkylation sites (N-methyl/N-ethyl adjacent to an activating group) is 1. The molecule has 0 bridgehead atoms. The number of rotatable bonds is 62. The minimum absolute atomic E-state index is 0.145. The molecule has 0 N–H and O–H groups in total. The first-order chi connectivity index (χ1) is 39.6. The third-order valence-corrected chi connectivity index (χ3v) is 14.6. The summed E-state index contributed by atoms with van der Waals surface area (Å²) in [5.41, 5.74) is 0. The molecule has 0 spiro atoms. The first-order valence-electron chi connectivity index (χ1n) is 33.7. The van der Waals surface area contributed by atoms with Crippen molar-refractivity contribution >= 4 is 17.9 Å². The summed E-state index contributed by atoms with van der Waals surface area (Å²) in [6.45, 7) is 4.54. The average molecular weight is 1130 g/mol. The van der Waals surface area contributed by atoms with Gasteiger partial charge in [-0.1, -0.05) is 285 Å². The second kappa shape index (κ2) is 62.5. The third kappa shape index (κ3) is 63.9. The molecular weight excluding hydrogens is 1010 g/mol. The molecule has 9 nitrogen and oxygen atoms in total. The van der Waals surface area contributed by atoms with E-state index >= 15 is 0 Å². The zero-order chi connectivity index (χ0) is 59.1. The summed E-state index contributed by atoms with van der Waals surface area (Å²) in [4.78, 5) is 37.4. The van der Waals surface area contributed by atoms with Crippen LogP contribution in [0, 0.1) is 0 Å². The molecule has 81 heavy (non-hydrogen) atoms. The summed E-state index contributed by atoms with van der Waals surface area (Å²) < 4.78 is 22.7. The quantitative estimate of drug-likeness (QED) is 0.0195. The van der Waals surface area contributed by atoms with E-state index in [-0.39, 0.29) is 38.6 Å². The standard InChI is InChI=1S/C72H127NO8/c1-6-8-10-12-14-16-18-20-22-24-25-26-27-28-29-30-31-32-33-34-35-36-37-38-39-40-41-42-43-44-45-47-49-51-53-55-57-59-61-63-70(75)81-68(67-80-72(71(76)77)78-65-64-73(3,4)5)66-79-69(74)62-60-58-56-54-52-50-48-46-23-21-19-17-15-13-11-9-7-2/h8-11,14-17,20-23,25-26,68,72H,6-7,12-13,18-19,24,27-67H2,1-5H3/b10-8-,11-9-,16-14-,17-15-,22-20-,23-21-,26-25-. The molecule has 2 unspecified atom stereocenters. The molecule has 468 valence electrons. The molecule has 0 saturated carbocycles. The number of carboxylic acid groups (broad SMARTS) is 1. The average Bonchev–Trinajstić information content (AvgIpc) is 3.44. The molecule has 0 aliphatic heterocycles. The van der Waals surface area contributed by atoms with Crippen LogP contribution in [-0.4, -0.2) is 82.3 Å². The molecule has 0 aliphatic carbocycles. The van der Waals surface area contributed by atoms with Gasteiger partial charge in [-0.15, -0.1) is 0 Å². The maximum atomic E-state index is 12.9. The van der Waals surface area contributed by atoms with Crippen LogP contribution in [0.5, 0.6) is 0 Å². The fourth-order valence-electron chi connectivity index (χ4n) is 9.55. The molecule has 0 aromatic heterocycles. The molecule has 0 rings (SSSR count). The first-order valence-corrected chi connectivity index (χ1v) is 33.7. The number of nitrogens with zero attached hydrogens (tertiary/aromatic N) is 1. The number of ether oxygens (including phenoxy) is 4. The van der Waals surface area contributed by atoms with E-state index in [1.54, 1.807) is 0 Å². The van der Waals surface area contributed by atoms with Crippen molar-refractivity contribution in [3.8, 4) is 0 Å². The number of quaternary nitrogens is 1. The van der Waals surface area contributed by atoms with Crippen molar-refractivity contribution in [2.24, 2.45) is 0 Å². The Kier molecular flexibility index (Phi) is 59.8. The van der Waals surface area contributed by atoms with Crippen LogP contribution in [-0.2, 0) is 33.3 Å². The summed E-state index contributed by atoms with van der Waals surface area (Å²) in [6.07, 6.45) is 81.1. The lowest BCUT2D eigenvalue weighted by molar-refractivity contribution is -0.870. The Morgan fingerprint density at radius 2 is 0.667 bits per heavy atom. The van der Waals surface area contributed by atoms with Crippen molar-refractivity contribution in [3.05, 3.63) is 85.1 Å². The number of carbonyl (C=O) groups is 3. The fraction of sp³-hybridized carbons (Fsp3) is 0.764. The van der Waals surface area contributed by atoms with Gasteiger partial charge in [-0.3, -0.25) is 9.59 Å². The van der Waals surface area contributed by atoms with Crippen LogP contribution in [0.3, 0.4) is 0 Å². The zero-order valence-corrected chi connectivity index (χ0v) is 53.4. The van der Waals surface area contributed by atoms with Gasteiger partial charge >= 0.3 is 11.9 Å². The fourth-order valence-corrected chi connectivity index (χ4v) is 9.55. The lowest BCUT2D eigenvalue weighted by atomic mass is 10.0. The molecule has 0 fully saturated rings. The van der Waals surface area contributed by atoms with Crippen LogP contribution in [0.2, 0.25) is 0 Å². The second-order valence-electron chi connectivity index (χ2n) is 23.7. The van der Waals surface area contributed by atoms with Crippen LogP contribution < -0.4 is 5.11 Å². The van der Waals surface area contributed by atoms with E-state index in [9.17, 15) is 19.5 Å². The predicted octanol–water partition coefficient (Wildman–Crippen LogP) is 19.4. The molecule has 9 heteroatoms. The van der Waals surface area contributed by atoms with Gasteiger partial charge in [0.05, 0.1) is 40.3 Å². The van der Waals surface area contributed by atoms with Gasteiger partial charge < -0.3 is 33.3 Å². The molecule has 0 saturated heterocycles. The van der Waals surface area contributed by atoms with Gasteiger partial charge in [-0.2, -0.15) is 0 Å². The second-order valence-corrected chi connectivity index (χ2v) is 23.7. The Bertz CT molecular complexity index is 1600. The molecular formula is C72H127NO8. The van der Waals surface area contributed by atoms with Crippen LogP contribution in [0.4, 0.5) is 0 Å². The van der Waals surface area contributed by atoms with Crippen molar-refractivity contribution in [2.75, 3.05) is 47.5 Å². The maximum Gasteiger partial charge on any atom is 0.306 e. The predicted molar refractivity (Wildman–Crippen MR) is 343 cm³/mol. The summed E-state index contributed by atoms with van der Waals surface area (Å²) in [7, 11) is 5.93. The van der Waals surface area contributed by atoms with Crippen LogP contribution in [0.15, 0.2) is 85.1 Å². The van der Waals surface area contributed by atoms with Gasteiger partial charge in [-0.05, 0) is 83.5 Å². The summed E-state index contributed by atoms with van der Waals surface area (Å²) in [6, 6.07) is 0. The number of hydrogen-bond acceptors (Lipinski definition) is 8. The molecule has 2 atom stereocenters. The highest BCUT2D eigenvalue weighted by atomic mass is 16.7. The van der Waals surface area contributed by atoms with Crippen molar-refractivity contribution in [1.82, 2.24) is 0 Å². The summed E-state index contributed by atoms with van der Waals surface area (Å²) >= 11 is 0. The monoisotopic (exact) mass is 1130 g/mol. The van der Waals surface area contributed by atoms with Crippen molar-refractivity contribution < 1.29 is 42.9 Å². The number of carboxylic acids is 1. The van der Waals surface area contributed by atoms with Crippen molar-refractivity contribution in [2.45, 2.75) is 309 Å². The lowest BCUT2D eigenvalue weighted by Gasteiger charge is -2.26. The van der Waals surface area contributed by atoms with Gasteiger partial charge in [0.25, 0.3) is 0 Å². The van der Waals surface area contributed by atoms with Crippen LogP contribution in [0.25, 0.3) is 0 Å². The minimum atomic E-state index is -1.63. The maximum absolute atomic E-state index is 12.9. The molecule has 0 aliphatic rings. The highest BCUT2D eigenvalue weighted by Crippen LogP contribution is 2.18. The Morgan fingerprint density at radius 1 is 0.370 bits per heavy atom. The normalized spacial score (nSPS) is 13.2. The highest BCUT2D eigenvalue weighted by molar-refractivity contribution is 5.70. The summed E-state index contributed by atoms with van der Waals surface area (Å²) in [5.74, 6) is -2.28. The molecule has 0 heterocycles. The molecule has 0 aromatic carbocycles. The van der Waals surface area contributed by atoms with Gasteiger partial charge in [0, 0.05) is 12.8 Å². The van der Waals surface area contributed by atoms with E-state index in [4.69, 9.17) is 18.9 Å². The smallest absolute Gasteiger partial charge is 0.306 e. The van der Waals surface area contributed by atoms with Gasteiger partial charge in [-0.25, -0.2) is 0 Å². The number of unbranched alkanes of at least 4 members (excludes halogenated alkanes) is 33. The van der Waals surface area contributed by atoms with E-state index < -0.39 is 24.3 Å². The van der Waals surface area contributed by atoms with E-state index in [2.05, 4.69) is 98.9 Å². The number of esters is 2. The van der Waals surface area contributed by atoms with E-state index in [1.807, 2.05) is 21.1 Å². The van der Waals surface area contributed by atoms with E-state index in [0.29, 0.717) is 17.4 Å². The first kappa shape index (κ1) is 77.5. The summed E-state index contributed by atoms with van der Waals surface area (Å²) in [5, 5.41) is 11.8. The topological polar surface area (TPSA) is 111 Å². The molecule has 0 amide bonds. The Morgan fingerprint density at radius 3 is 0.988 bits per heavy atom. The van der Waals surface area contributed by atoms with E-state index in [1.165, 1.54) is 173 Å². The Hall–Kier alpha value is -3.53. The van der Waals surface area contributed by atoms with E-state index in [0.717, 1.165) is 89.9 Å². The number of carbonyl (C=O) groups excluding carboxylic acids is 3. The third-order valence-electron chi connectivity index (χ3n) is 14.6. The molecule has 0 radical (unpaired) electrons. The largest absolute Gasteiger partial charge is 0.545 e. The Balaban J connectivity index is 3.98. The van der Waals surface area contributed by atoms with Gasteiger partial charge in [0.1, 0.15) is 13.2 Å². The Labute approximate surface area is 500 Å². The van der Waals surface area contributed by atoms with Gasteiger partial charge in [0.15, 0.2) is 12.4 Å². The number of aliphatic carboxylic acids is 1. The SMILES string of the molecule is CC/C=C\C/C=C\C/C=C\C/C=C\CCCCCCCCCCCCCCCCCCCCCCCCCCCCC(=O)OC(COC(=O)CCCCCCCCC/C=C\C/C=C\C/C=C\CC)COC(OCC[N+](C)(C)C)C(=O)[O-]. The zero-order valence-electron chi connectivity index (χ0n) is 53.4. The molecule has 0 aromatic rings. The van der Waals surface area contributed by atoms with Crippen LogP contribution in [0.1, 0.15) is 296 Å². The van der Waals surface area contributed by atoms with Gasteiger partial charge in [0.2, 0.25) is 0 Å². The highest BCUT2D eigenvalue weighted by Gasteiger charge is 2.22. The van der Waals surface area contributed by atoms with Crippen molar-refractivity contribution in [1.29, 1.82) is 0 Å². The minimum Gasteiger partial charge on any atom is -0.545 e. The number of hydrogen-bond donors (Lipinski definition) is 0. The van der Waals surface area contributed by atoms with Crippen LogP contribution >= 0.6 is 0 Å². The number of allylic oxidation sites excluding steroid dienone is 14. The van der Waals surface area contributed by atoms with Crippen molar-refractivity contribution in [3.63, 3.8) is 0 Å². The lowest BCUT2D eigenvalue weighted by Crippen LogP contribution is -2.44.